The van der Waals surface area contributed by atoms with Crippen molar-refractivity contribution in [2.45, 2.75) is 25.8 Å². The van der Waals surface area contributed by atoms with E-state index in [9.17, 15) is 4.39 Å². The van der Waals surface area contributed by atoms with Crippen LogP contribution in [0.15, 0.2) is 53.1 Å². The summed E-state index contributed by atoms with van der Waals surface area (Å²) in [5.41, 5.74) is 2.82. The van der Waals surface area contributed by atoms with E-state index >= 15 is 0 Å². The smallest absolute Gasteiger partial charge is 0.128 e. The van der Waals surface area contributed by atoms with Gasteiger partial charge >= 0.3 is 0 Å². The summed E-state index contributed by atoms with van der Waals surface area (Å²) in [6, 6.07) is 13.1. The minimum Gasteiger partial charge on any atom is -0.362 e. The van der Waals surface area contributed by atoms with Gasteiger partial charge in [-0.05, 0) is 43.5 Å². The van der Waals surface area contributed by atoms with Gasteiger partial charge in [0.05, 0.1) is 6.54 Å². The number of thiocarbonyl (C=S) groups is 1. The van der Waals surface area contributed by atoms with E-state index in [0.29, 0.717) is 12.1 Å². The van der Waals surface area contributed by atoms with Crippen LogP contribution in [0.1, 0.15) is 30.4 Å². The highest BCUT2D eigenvalue weighted by Crippen LogP contribution is 2.28. The molecule has 134 valence electrons. The third kappa shape index (κ3) is 3.42. The average Bonchev–Trinajstić information content (AvgIpc) is 3.01. The Labute approximate surface area is 166 Å². The zero-order chi connectivity index (χ0) is 18.1. The zero-order valence-electron chi connectivity index (χ0n) is 14.4. The van der Waals surface area contributed by atoms with E-state index in [1.165, 1.54) is 25.3 Å². The van der Waals surface area contributed by atoms with E-state index in [-0.39, 0.29) is 5.82 Å². The summed E-state index contributed by atoms with van der Waals surface area (Å²) in [4.78, 5) is 3.21. The zero-order valence-corrected chi connectivity index (χ0v) is 16.8. The van der Waals surface area contributed by atoms with Gasteiger partial charge < -0.3 is 9.47 Å². The number of hydrogen-bond donors (Lipinski definition) is 0. The molecule has 1 saturated heterocycles. The molecule has 1 fully saturated rings. The van der Waals surface area contributed by atoms with E-state index in [4.69, 9.17) is 12.2 Å². The summed E-state index contributed by atoms with van der Waals surface area (Å²) in [6.07, 6.45) is 5.75. The Morgan fingerprint density at radius 2 is 1.85 bits per heavy atom. The number of hydrogen-bond acceptors (Lipinski definition) is 1. The lowest BCUT2D eigenvalue weighted by molar-refractivity contribution is 0.348. The second-order valence-electron chi connectivity index (χ2n) is 6.78. The molecule has 5 heteroatoms. The lowest BCUT2D eigenvalue weighted by Gasteiger charge is -2.29. The molecule has 4 rings (SSSR count). The van der Waals surface area contributed by atoms with Crippen molar-refractivity contribution in [3.05, 3.63) is 70.1 Å². The van der Waals surface area contributed by atoms with Crippen molar-refractivity contribution in [2.24, 2.45) is 0 Å². The highest BCUT2D eigenvalue weighted by molar-refractivity contribution is 9.10. The first-order chi connectivity index (χ1) is 12.6. The number of fused-ring (bicyclic) bond motifs is 1. The van der Waals surface area contributed by atoms with Gasteiger partial charge in [0.2, 0.25) is 0 Å². The van der Waals surface area contributed by atoms with Crippen molar-refractivity contribution in [3.8, 4) is 0 Å². The summed E-state index contributed by atoms with van der Waals surface area (Å²) < 4.78 is 17.3. The van der Waals surface area contributed by atoms with E-state index in [1.54, 1.807) is 6.07 Å². The third-order valence-electron chi connectivity index (χ3n) is 5.02. The molecule has 1 aliphatic rings. The summed E-state index contributed by atoms with van der Waals surface area (Å²) in [6.45, 7) is 2.53. The van der Waals surface area contributed by atoms with E-state index in [0.717, 1.165) is 39.0 Å². The molecule has 2 nitrogen and oxygen atoms in total. The summed E-state index contributed by atoms with van der Waals surface area (Å²) >= 11 is 9.41. The highest BCUT2D eigenvalue weighted by Gasteiger charge is 2.20. The van der Waals surface area contributed by atoms with Crippen LogP contribution in [0.5, 0.6) is 0 Å². The Morgan fingerprint density at radius 3 is 2.62 bits per heavy atom. The van der Waals surface area contributed by atoms with Gasteiger partial charge in [-0.1, -0.05) is 46.3 Å². The van der Waals surface area contributed by atoms with Crippen molar-refractivity contribution in [3.63, 3.8) is 0 Å². The summed E-state index contributed by atoms with van der Waals surface area (Å²) in [5.74, 6) is -0.174. The SMILES string of the molecule is Fc1ccccc1Cn1cc(C(=S)N2CCCCC2)c2cc(Br)ccc21. The maximum atomic E-state index is 14.1. The predicted octanol–water partition coefficient (Wildman–Crippen LogP) is 5.75. The van der Waals surface area contributed by atoms with Crippen LogP contribution in [0.3, 0.4) is 0 Å². The Kier molecular flexibility index (Phi) is 5.09. The normalized spacial score (nSPS) is 14.8. The fraction of sp³-hybridized carbons (Fsp3) is 0.286. The fourth-order valence-corrected chi connectivity index (χ4v) is 4.35. The first-order valence-electron chi connectivity index (χ1n) is 8.94. The van der Waals surface area contributed by atoms with Gasteiger partial charge in [0.25, 0.3) is 0 Å². The van der Waals surface area contributed by atoms with Crippen molar-refractivity contribution in [2.75, 3.05) is 13.1 Å². The second kappa shape index (κ2) is 7.49. The lowest BCUT2D eigenvalue weighted by Crippen LogP contribution is -2.34. The molecule has 0 bridgehead atoms. The second-order valence-corrected chi connectivity index (χ2v) is 8.08. The van der Waals surface area contributed by atoms with Gasteiger partial charge in [0, 0.05) is 45.8 Å². The molecule has 0 spiro atoms. The molecule has 0 N–H and O–H groups in total. The van der Waals surface area contributed by atoms with Crippen molar-refractivity contribution in [1.82, 2.24) is 9.47 Å². The predicted molar refractivity (Wildman–Crippen MR) is 112 cm³/mol. The highest BCUT2D eigenvalue weighted by atomic mass is 79.9. The molecular formula is C21H20BrFN2S. The Hall–Kier alpha value is -1.72. The number of nitrogens with zero attached hydrogens (tertiary/aromatic N) is 2. The number of aromatic nitrogens is 1. The van der Waals surface area contributed by atoms with Crippen molar-refractivity contribution < 1.29 is 4.39 Å². The summed E-state index contributed by atoms with van der Waals surface area (Å²) in [7, 11) is 0. The molecular weight excluding hydrogens is 411 g/mol. The minimum atomic E-state index is -0.174. The van der Waals surface area contributed by atoms with Gasteiger partial charge in [-0.2, -0.15) is 0 Å². The molecule has 0 atom stereocenters. The molecule has 1 aliphatic heterocycles. The molecule has 2 aromatic carbocycles. The minimum absolute atomic E-state index is 0.174. The Balaban J connectivity index is 1.77. The number of benzene rings is 2. The van der Waals surface area contributed by atoms with Crippen molar-refractivity contribution in [1.29, 1.82) is 0 Å². The van der Waals surface area contributed by atoms with Crippen LogP contribution >= 0.6 is 28.1 Å². The summed E-state index contributed by atoms with van der Waals surface area (Å²) in [5, 5.41) is 1.12. The lowest BCUT2D eigenvalue weighted by atomic mass is 10.1. The first kappa shape index (κ1) is 17.7. The third-order valence-corrected chi connectivity index (χ3v) is 5.99. The first-order valence-corrected chi connectivity index (χ1v) is 10.1. The van der Waals surface area contributed by atoms with E-state index in [1.807, 2.05) is 18.2 Å². The Morgan fingerprint density at radius 1 is 1.08 bits per heavy atom. The maximum Gasteiger partial charge on any atom is 0.128 e. The molecule has 0 radical (unpaired) electrons. The molecule has 0 unspecified atom stereocenters. The number of piperidine rings is 1. The number of rotatable bonds is 3. The van der Waals surface area contributed by atoms with Crippen LogP contribution in [-0.2, 0) is 6.54 Å². The van der Waals surface area contributed by atoms with Crippen LogP contribution in [0.2, 0.25) is 0 Å². The van der Waals surface area contributed by atoms with Crippen molar-refractivity contribution >= 4 is 44.0 Å². The standard InChI is InChI=1S/C21H20BrFN2S/c22-16-8-9-20-17(12-16)18(21(26)24-10-4-1-5-11-24)14-25(20)13-15-6-2-3-7-19(15)23/h2-3,6-9,12,14H,1,4-5,10-11,13H2. The maximum absolute atomic E-state index is 14.1. The van der Waals surface area contributed by atoms with Gasteiger partial charge in [0.15, 0.2) is 0 Å². The molecule has 0 saturated carbocycles. The van der Waals surface area contributed by atoms with E-state index in [2.05, 4.69) is 43.7 Å². The monoisotopic (exact) mass is 430 g/mol. The molecule has 0 aliphatic carbocycles. The Bertz CT molecular complexity index is 960. The molecule has 26 heavy (non-hydrogen) atoms. The van der Waals surface area contributed by atoms with Crippen LogP contribution in [0.25, 0.3) is 10.9 Å². The quantitative estimate of drug-likeness (QED) is 0.488. The van der Waals surface area contributed by atoms with Gasteiger partial charge in [-0.3, -0.25) is 0 Å². The van der Waals surface area contributed by atoms with E-state index < -0.39 is 0 Å². The molecule has 0 amide bonds. The van der Waals surface area contributed by atoms with Crippen LogP contribution in [0, 0.1) is 5.82 Å². The molecule has 2 heterocycles. The average molecular weight is 431 g/mol. The van der Waals surface area contributed by atoms with Crippen LogP contribution in [-0.4, -0.2) is 27.5 Å². The number of likely N-dealkylation sites (tertiary alicyclic amines) is 1. The molecule has 3 aromatic rings. The topological polar surface area (TPSA) is 8.17 Å². The van der Waals surface area contributed by atoms with Crippen LogP contribution < -0.4 is 0 Å². The fourth-order valence-electron chi connectivity index (χ4n) is 3.65. The van der Waals surface area contributed by atoms with Gasteiger partial charge in [-0.25, -0.2) is 4.39 Å². The molecule has 1 aromatic heterocycles. The van der Waals surface area contributed by atoms with Crippen LogP contribution in [0.4, 0.5) is 4.39 Å². The largest absolute Gasteiger partial charge is 0.362 e. The number of halogens is 2. The van der Waals surface area contributed by atoms with Gasteiger partial charge in [-0.15, -0.1) is 0 Å². The van der Waals surface area contributed by atoms with Gasteiger partial charge in [0.1, 0.15) is 10.8 Å².